The van der Waals surface area contributed by atoms with Crippen LogP contribution in [-0.2, 0) is 4.66 Å². The average Bonchev–Trinajstić information content (AvgIpc) is 3.66. The highest BCUT2D eigenvalue weighted by atomic mass is 28.4. The van der Waals surface area contributed by atoms with Gasteiger partial charge in [0.25, 0.3) is 0 Å². The van der Waals surface area contributed by atoms with E-state index >= 15 is 0 Å². The molecule has 0 bridgehead atoms. The van der Waals surface area contributed by atoms with Crippen LogP contribution in [0.5, 0.6) is 0 Å². The summed E-state index contributed by atoms with van der Waals surface area (Å²) in [6, 6.07) is 65.8. The Bertz CT molecular complexity index is 3030. The number of rotatable bonds is 10. The summed E-state index contributed by atoms with van der Waals surface area (Å²) in [5, 5.41) is 5.28. The van der Waals surface area contributed by atoms with Crippen molar-refractivity contribution in [3.8, 4) is 11.1 Å². The second-order valence-electron chi connectivity index (χ2n) is 22.2. The van der Waals surface area contributed by atoms with Crippen molar-refractivity contribution in [3.05, 3.63) is 192 Å². The zero-order valence-electron chi connectivity index (χ0n) is 40.8. The first-order valence-electron chi connectivity index (χ1n) is 25.6. The summed E-state index contributed by atoms with van der Waals surface area (Å²) in [7, 11) is -4.12. The number of anilines is 6. The lowest BCUT2D eigenvalue weighted by Crippen LogP contribution is -2.63. The maximum absolute atomic E-state index is 2.68. The van der Waals surface area contributed by atoms with E-state index < -0.39 is 16.1 Å². The molecule has 0 heterocycles. The van der Waals surface area contributed by atoms with E-state index in [0.717, 1.165) is 0 Å². The Balaban J connectivity index is 1.10. The van der Waals surface area contributed by atoms with Crippen LogP contribution in [0.4, 0.5) is 34.1 Å². The molecule has 4 heteroatoms. The quantitative estimate of drug-likeness (QED) is 0.126. The zero-order chi connectivity index (χ0) is 45.9. The summed E-state index contributed by atoms with van der Waals surface area (Å²) in [6.45, 7) is 16.0. The Morgan fingerprint density at radius 3 is 1.39 bits per heavy atom. The van der Waals surface area contributed by atoms with Crippen LogP contribution in [0.15, 0.2) is 170 Å². The van der Waals surface area contributed by atoms with Crippen LogP contribution in [0.1, 0.15) is 98.3 Å². The van der Waals surface area contributed by atoms with Gasteiger partial charge in [-0.2, -0.15) is 0 Å². The summed E-state index contributed by atoms with van der Waals surface area (Å²) in [6.07, 6.45) is 13.4. The van der Waals surface area contributed by atoms with Crippen LogP contribution in [0.3, 0.4) is 0 Å². The average molecular weight is 909 g/mol. The van der Waals surface area contributed by atoms with E-state index in [9.17, 15) is 0 Å². The van der Waals surface area contributed by atoms with Gasteiger partial charge in [0.2, 0.25) is 0 Å². The molecule has 0 amide bonds. The standard InChI is InChI=1S/C63H68N2Si2/c1-66(2,3)63(67(4,5)6)59-43-50-41-55(64(51-25-15-9-16-26-51)53-36-31-47(32-37-53)45-21-11-7-12-22-45)40-35-49(50)42-58(59)62-57-30-20-19-29-56(57)61(44-60(62)63)65(52-27-17-10-18-28-52)54-38-33-48(34-39-54)46-23-13-8-14-24-46/h9-10,15-20,25-46H,7-8,11-14,21-24H2,1-6H3. The summed E-state index contributed by atoms with van der Waals surface area (Å²) >= 11 is 0. The highest BCUT2D eigenvalue weighted by molar-refractivity contribution is 6.99. The molecule has 338 valence electrons. The lowest BCUT2D eigenvalue weighted by molar-refractivity contribution is 0.443. The van der Waals surface area contributed by atoms with Gasteiger partial charge in [-0.1, -0.05) is 175 Å². The predicted molar refractivity (Wildman–Crippen MR) is 295 cm³/mol. The molecule has 3 aliphatic rings. The van der Waals surface area contributed by atoms with Gasteiger partial charge in [-0.15, -0.1) is 0 Å². The fourth-order valence-corrected chi connectivity index (χ4v) is 26.7. The predicted octanol–water partition coefficient (Wildman–Crippen LogP) is 19.0. The summed E-state index contributed by atoms with van der Waals surface area (Å²) in [5.74, 6) is 1.36. The molecule has 0 aromatic heterocycles. The topological polar surface area (TPSA) is 6.48 Å². The van der Waals surface area contributed by atoms with Gasteiger partial charge in [0.15, 0.2) is 0 Å². The number of nitrogens with zero attached hydrogens (tertiary/aromatic N) is 2. The molecule has 8 aromatic rings. The van der Waals surface area contributed by atoms with Crippen LogP contribution >= 0.6 is 0 Å². The second-order valence-corrected chi connectivity index (χ2v) is 33.2. The van der Waals surface area contributed by atoms with Gasteiger partial charge in [0.1, 0.15) is 0 Å². The van der Waals surface area contributed by atoms with Crippen molar-refractivity contribution in [2.75, 3.05) is 9.80 Å². The zero-order valence-corrected chi connectivity index (χ0v) is 42.8. The third-order valence-corrected chi connectivity index (χ3v) is 26.4. The number of hydrogen-bond donors (Lipinski definition) is 0. The number of fused-ring (bicyclic) bond motifs is 6. The lowest BCUT2D eigenvalue weighted by atomic mass is 9.84. The fourth-order valence-electron chi connectivity index (χ4n) is 13.6. The van der Waals surface area contributed by atoms with Crippen molar-refractivity contribution >= 4 is 71.8 Å². The van der Waals surface area contributed by atoms with Gasteiger partial charge in [0.05, 0.1) is 21.8 Å². The van der Waals surface area contributed by atoms with Crippen LogP contribution < -0.4 is 9.80 Å². The molecule has 0 spiro atoms. The number of hydrogen-bond acceptors (Lipinski definition) is 2. The number of para-hydroxylation sites is 2. The second kappa shape index (κ2) is 17.4. The Morgan fingerprint density at radius 2 is 0.851 bits per heavy atom. The first kappa shape index (κ1) is 43.9. The molecule has 8 aromatic carbocycles. The normalized spacial score (nSPS) is 16.5. The third-order valence-electron chi connectivity index (χ3n) is 16.3. The van der Waals surface area contributed by atoms with Crippen LogP contribution in [0.25, 0.3) is 32.7 Å². The van der Waals surface area contributed by atoms with Crippen molar-refractivity contribution in [2.45, 2.75) is 120 Å². The van der Waals surface area contributed by atoms with Gasteiger partial charge in [0, 0.05) is 38.5 Å². The monoisotopic (exact) mass is 908 g/mol. The first-order chi connectivity index (χ1) is 32.5. The van der Waals surface area contributed by atoms with Crippen LogP contribution in [-0.4, -0.2) is 16.1 Å². The highest BCUT2D eigenvalue weighted by Crippen LogP contribution is 2.62. The smallest absolute Gasteiger partial charge is 0.0579 e. The SMILES string of the molecule is C[Si](C)(C)C1([Si](C)(C)C)c2cc3cc(N(c4ccccc4)c4ccc(C5CCCCC5)cc4)ccc3cc2-c2c1cc(N(c1ccccc1)c1ccc(C3CCCCC3)cc1)c1ccccc21. The van der Waals surface area contributed by atoms with E-state index in [2.05, 4.69) is 219 Å². The van der Waals surface area contributed by atoms with Crippen molar-refractivity contribution in [1.82, 2.24) is 0 Å². The van der Waals surface area contributed by atoms with Crippen molar-refractivity contribution in [3.63, 3.8) is 0 Å². The lowest BCUT2D eigenvalue weighted by Gasteiger charge is -2.51. The molecule has 2 fully saturated rings. The Morgan fingerprint density at radius 1 is 0.388 bits per heavy atom. The molecule has 2 nitrogen and oxygen atoms in total. The van der Waals surface area contributed by atoms with Crippen molar-refractivity contribution in [1.29, 1.82) is 0 Å². The van der Waals surface area contributed by atoms with Gasteiger partial charge >= 0.3 is 0 Å². The van der Waals surface area contributed by atoms with Gasteiger partial charge in [-0.05, 0) is 160 Å². The van der Waals surface area contributed by atoms with E-state index in [-0.39, 0.29) is 4.66 Å². The molecule has 0 aliphatic heterocycles. The first-order valence-corrected chi connectivity index (χ1v) is 32.6. The largest absolute Gasteiger partial charge is 0.310 e. The molecule has 2 saturated carbocycles. The molecular weight excluding hydrogens is 841 g/mol. The van der Waals surface area contributed by atoms with Crippen LogP contribution in [0, 0.1) is 0 Å². The minimum absolute atomic E-state index is 0.0606. The maximum Gasteiger partial charge on any atom is 0.0579 e. The van der Waals surface area contributed by atoms with Crippen molar-refractivity contribution in [2.24, 2.45) is 0 Å². The molecule has 0 atom stereocenters. The van der Waals surface area contributed by atoms with Crippen LogP contribution in [0.2, 0.25) is 39.3 Å². The van der Waals surface area contributed by atoms with E-state index in [1.807, 2.05) is 0 Å². The third kappa shape index (κ3) is 7.60. The Labute approximate surface area is 402 Å². The number of benzene rings is 8. The minimum Gasteiger partial charge on any atom is -0.310 e. The molecule has 67 heavy (non-hydrogen) atoms. The molecule has 0 radical (unpaired) electrons. The highest BCUT2D eigenvalue weighted by Gasteiger charge is 2.59. The molecule has 0 saturated heterocycles. The van der Waals surface area contributed by atoms with Gasteiger partial charge in [-0.25, -0.2) is 0 Å². The molecule has 0 unspecified atom stereocenters. The van der Waals surface area contributed by atoms with Gasteiger partial charge < -0.3 is 9.80 Å². The molecular formula is C63H68N2Si2. The van der Waals surface area contributed by atoms with Crippen molar-refractivity contribution < 1.29 is 0 Å². The Kier molecular flexibility index (Phi) is 11.4. The summed E-state index contributed by atoms with van der Waals surface area (Å²) in [4.78, 5) is 5.04. The van der Waals surface area contributed by atoms with E-state index in [4.69, 9.17) is 0 Å². The summed E-state index contributed by atoms with van der Waals surface area (Å²) in [5.41, 5.74) is 16.3. The van der Waals surface area contributed by atoms with E-state index in [1.54, 1.807) is 11.1 Å². The molecule has 0 N–H and O–H groups in total. The fraction of sp³-hybridized carbons (Fsp3) is 0.302. The minimum atomic E-state index is -2.06. The molecule has 11 rings (SSSR count). The maximum atomic E-state index is 2.68. The summed E-state index contributed by atoms with van der Waals surface area (Å²) < 4.78 is -0.0606. The Hall–Kier alpha value is -5.69. The van der Waals surface area contributed by atoms with E-state index in [1.165, 1.54) is 142 Å². The molecule has 3 aliphatic carbocycles. The van der Waals surface area contributed by atoms with E-state index in [0.29, 0.717) is 11.8 Å². The van der Waals surface area contributed by atoms with Gasteiger partial charge in [-0.3, -0.25) is 0 Å².